The molecule has 0 amide bonds. The minimum absolute atomic E-state index is 0.183. The summed E-state index contributed by atoms with van der Waals surface area (Å²) in [6.07, 6.45) is 0.251. The molecule has 0 aliphatic carbocycles. The van der Waals surface area contributed by atoms with Gasteiger partial charge >= 0.3 is 0 Å². The molecule has 1 atom stereocenters. The van der Waals surface area contributed by atoms with Gasteiger partial charge in [-0.15, -0.1) is 0 Å². The number of rotatable bonds is 4. The van der Waals surface area contributed by atoms with Gasteiger partial charge in [-0.1, -0.05) is 12.1 Å². The molecule has 1 N–H and O–H groups in total. The fraction of sp³-hybridized carbons (Fsp3) is 0.214. The normalized spacial score (nSPS) is 10.6. The molecule has 0 radical (unpaired) electrons. The molecule has 19 heavy (non-hydrogen) atoms. The molecule has 0 unspecified atom stereocenters. The van der Waals surface area contributed by atoms with Crippen molar-refractivity contribution < 1.29 is 0 Å². The summed E-state index contributed by atoms with van der Waals surface area (Å²) in [5.41, 5.74) is 1.11. The minimum atomic E-state index is -1.19. The van der Waals surface area contributed by atoms with Gasteiger partial charge in [0, 0.05) is 0 Å². The molecule has 0 aliphatic rings. The summed E-state index contributed by atoms with van der Waals surface area (Å²) in [6.45, 7) is 0. The number of benzene rings is 1. The first-order chi connectivity index (χ1) is 9.15. The smallest absolute Gasteiger partial charge is 0.171 e. The van der Waals surface area contributed by atoms with Crippen LogP contribution in [0.2, 0.25) is 0 Å². The number of hydrogen-bond donors (Lipinski definition) is 1. The lowest BCUT2D eigenvalue weighted by atomic mass is 9.89. The van der Waals surface area contributed by atoms with Crippen molar-refractivity contribution in [2.24, 2.45) is 11.8 Å². The van der Waals surface area contributed by atoms with Gasteiger partial charge in [-0.2, -0.15) is 21.0 Å². The predicted molar refractivity (Wildman–Crippen MR) is 66.4 cm³/mol. The van der Waals surface area contributed by atoms with E-state index in [9.17, 15) is 0 Å². The first kappa shape index (κ1) is 13.9. The Morgan fingerprint density at radius 1 is 1.00 bits per heavy atom. The summed E-state index contributed by atoms with van der Waals surface area (Å²) in [7, 11) is 0. The zero-order valence-corrected chi connectivity index (χ0v) is 9.96. The Hall–Kier alpha value is -3.15. The Morgan fingerprint density at radius 3 is 2.00 bits per heavy atom. The van der Waals surface area contributed by atoms with E-state index >= 15 is 0 Å². The van der Waals surface area contributed by atoms with Crippen LogP contribution in [0, 0.1) is 62.6 Å². The van der Waals surface area contributed by atoms with Gasteiger partial charge in [0.2, 0.25) is 0 Å². The lowest BCUT2D eigenvalue weighted by Gasteiger charge is -2.11. The summed E-state index contributed by atoms with van der Waals surface area (Å²) in [4.78, 5) is 0. The van der Waals surface area contributed by atoms with E-state index in [2.05, 4.69) is 0 Å². The molecule has 0 aliphatic heterocycles. The Labute approximate surface area is 111 Å². The molecule has 0 aromatic heterocycles. The van der Waals surface area contributed by atoms with Crippen molar-refractivity contribution >= 4 is 5.71 Å². The maximum atomic E-state index is 9.04. The van der Waals surface area contributed by atoms with Crippen molar-refractivity contribution in [3.63, 3.8) is 0 Å². The average Bonchev–Trinajstić information content (AvgIpc) is 2.46. The summed E-state index contributed by atoms with van der Waals surface area (Å²) in [5.74, 6) is -2.00. The number of hydrogen-bond acceptors (Lipinski definition) is 5. The third kappa shape index (κ3) is 3.40. The molecule has 1 rings (SSSR count). The molecular formula is C14H9N5. The first-order valence-electron chi connectivity index (χ1n) is 5.42. The fourth-order valence-corrected chi connectivity index (χ4v) is 1.55. The Balaban J connectivity index is 2.87. The lowest BCUT2D eigenvalue weighted by molar-refractivity contribution is 0.822. The lowest BCUT2D eigenvalue weighted by Crippen LogP contribution is -2.21. The molecule has 1 aromatic rings. The van der Waals surface area contributed by atoms with Crippen LogP contribution in [-0.2, 0) is 6.42 Å². The topological polar surface area (TPSA) is 119 Å². The van der Waals surface area contributed by atoms with E-state index in [0.29, 0.717) is 5.56 Å². The van der Waals surface area contributed by atoms with Gasteiger partial charge in [0.15, 0.2) is 5.92 Å². The first-order valence-corrected chi connectivity index (χ1v) is 5.42. The van der Waals surface area contributed by atoms with Crippen LogP contribution in [0.4, 0.5) is 0 Å². The largest absolute Gasteiger partial charge is 0.306 e. The van der Waals surface area contributed by atoms with Gasteiger partial charge in [0.1, 0.15) is 0 Å². The van der Waals surface area contributed by atoms with Crippen LogP contribution in [0.3, 0.4) is 0 Å². The Kier molecular flexibility index (Phi) is 4.80. The van der Waals surface area contributed by atoms with Crippen LogP contribution >= 0.6 is 0 Å². The van der Waals surface area contributed by atoms with Crippen LogP contribution in [0.15, 0.2) is 24.3 Å². The van der Waals surface area contributed by atoms with E-state index in [4.69, 9.17) is 26.5 Å². The van der Waals surface area contributed by atoms with E-state index in [1.165, 1.54) is 0 Å². The molecule has 0 heterocycles. The Bertz CT molecular complexity index is 617. The van der Waals surface area contributed by atoms with Crippen molar-refractivity contribution in [2.45, 2.75) is 6.42 Å². The zero-order chi connectivity index (χ0) is 14.3. The van der Waals surface area contributed by atoms with Crippen LogP contribution in [0.25, 0.3) is 0 Å². The van der Waals surface area contributed by atoms with Crippen molar-refractivity contribution in [3.05, 3.63) is 35.4 Å². The quantitative estimate of drug-likeness (QED) is 0.817. The Morgan fingerprint density at radius 2 is 1.58 bits per heavy atom. The van der Waals surface area contributed by atoms with Crippen LogP contribution in [0.1, 0.15) is 11.1 Å². The highest BCUT2D eigenvalue weighted by Crippen LogP contribution is 2.14. The second-order valence-electron chi connectivity index (χ2n) is 3.84. The molecular weight excluding hydrogens is 238 g/mol. The van der Waals surface area contributed by atoms with E-state index in [1.807, 2.05) is 12.1 Å². The van der Waals surface area contributed by atoms with Gasteiger partial charge < -0.3 is 5.41 Å². The minimum Gasteiger partial charge on any atom is -0.306 e. The monoisotopic (exact) mass is 247 g/mol. The molecule has 0 spiro atoms. The number of nitriles is 4. The van der Waals surface area contributed by atoms with Gasteiger partial charge in [-0.25, -0.2) is 0 Å². The molecule has 90 valence electrons. The molecule has 5 heteroatoms. The maximum absolute atomic E-state index is 9.04. The van der Waals surface area contributed by atoms with Gasteiger partial charge in [-0.05, 0) is 24.1 Å². The second kappa shape index (κ2) is 6.55. The highest BCUT2D eigenvalue weighted by Gasteiger charge is 2.23. The summed E-state index contributed by atoms with van der Waals surface area (Å²) >= 11 is 0. The van der Waals surface area contributed by atoms with E-state index in [-0.39, 0.29) is 12.1 Å². The molecule has 0 fully saturated rings. The number of nitrogens with one attached hydrogen (secondary N) is 1. The van der Waals surface area contributed by atoms with Crippen molar-refractivity contribution in [2.75, 3.05) is 0 Å². The third-order valence-corrected chi connectivity index (χ3v) is 2.62. The fourth-order valence-electron chi connectivity index (χ4n) is 1.55. The summed E-state index contributed by atoms with van der Waals surface area (Å²) in [5, 5.41) is 42.9. The SMILES string of the molecule is N#Cc1ccc(C[C@H](C#N)C(=N)C(C#N)C#N)cc1. The molecule has 0 saturated carbocycles. The average molecular weight is 247 g/mol. The van der Waals surface area contributed by atoms with Crippen molar-refractivity contribution in [1.82, 2.24) is 0 Å². The molecule has 1 aromatic carbocycles. The van der Waals surface area contributed by atoms with E-state index in [1.54, 1.807) is 36.4 Å². The van der Waals surface area contributed by atoms with E-state index < -0.39 is 11.8 Å². The molecule has 0 saturated heterocycles. The standard InChI is InChI=1S/C14H9N5/c15-6-11-3-1-10(2-4-11)5-12(7-16)14(19)13(8-17)9-18/h1-4,12-13,19H,5H2/t12-/m1/s1. The summed E-state index contributed by atoms with van der Waals surface area (Å²) in [6, 6.07) is 14.0. The van der Waals surface area contributed by atoms with Crippen LogP contribution < -0.4 is 0 Å². The highest BCUT2D eigenvalue weighted by atomic mass is 14.5. The molecule has 5 nitrogen and oxygen atoms in total. The van der Waals surface area contributed by atoms with Crippen LogP contribution in [0.5, 0.6) is 0 Å². The second-order valence-corrected chi connectivity index (χ2v) is 3.84. The summed E-state index contributed by atoms with van der Waals surface area (Å²) < 4.78 is 0. The third-order valence-electron chi connectivity index (χ3n) is 2.62. The zero-order valence-electron chi connectivity index (χ0n) is 9.96. The van der Waals surface area contributed by atoms with Gasteiger partial charge in [-0.3, -0.25) is 0 Å². The van der Waals surface area contributed by atoms with Gasteiger partial charge in [0.05, 0.1) is 41.5 Å². The molecule has 0 bridgehead atoms. The van der Waals surface area contributed by atoms with Crippen molar-refractivity contribution in [3.8, 4) is 24.3 Å². The van der Waals surface area contributed by atoms with Gasteiger partial charge in [0.25, 0.3) is 0 Å². The highest BCUT2D eigenvalue weighted by molar-refractivity contribution is 5.92. The van der Waals surface area contributed by atoms with Crippen molar-refractivity contribution in [1.29, 1.82) is 26.5 Å². The predicted octanol–water partition coefficient (Wildman–Crippen LogP) is 1.92. The number of nitrogens with zero attached hydrogens (tertiary/aromatic N) is 4. The van der Waals surface area contributed by atoms with Crippen LogP contribution in [-0.4, -0.2) is 5.71 Å². The van der Waals surface area contributed by atoms with E-state index in [0.717, 1.165) is 5.56 Å². The maximum Gasteiger partial charge on any atom is 0.171 e.